The van der Waals surface area contributed by atoms with Gasteiger partial charge in [-0.1, -0.05) is 17.7 Å². The lowest BCUT2D eigenvalue weighted by Gasteiger charge is -2.37. The Kier molecular flexibility index (Phi) is 5.52. The molecule has 1 aromatic heterocycles. The monoisotopic (exact) mass is 353 g/mol. The number of hydrogen-bond acceptors (Lipinski definition) is 5. The zero-order chi connectivity index (χ0) is 18.7. The predicted molar refractivity (Wildman–Crippen MR) is 105 cm³/mol. The van der Waals surface area contributed by atoms with Crippen molar-refractivity contribution < 1.29 is 4.79 Å². The Hall–Kier alpha value is -2.47. The van der Waals surface area contributed by atoms with Crippen LogP contribution in [0.15, 0.2) is 30.6 Å². The summed E-state index contributed by atoms with van der Waals surface area (Å²) in [5.41, 5.74) is 4.36. The van der Waals surface area contributed by atoms with E-state index < -0.39 is 0 Å². The maximum atomic E-state index is 12.8. The minimum Gasteiger partial charge on any atom is -0.338 e. The third-order valence-corrected chi connectivity index (χ3v) is 5.00. The number of amides is 1. The van der Waals surface area contributed by atoms with E-state index in [4.69, 9.17) is 0 Å². The summed E-state index contributed by atoms with van der Waals surface area (Å²) in [5, 5.41) is 3.13. The van der Waals surface area contributed by atoms with Crippen molar-refractivity contribution in [2.75, 3.05) is 36.4 Å². The SMILES string of the molecule is Cc1cc(C)c(NC(=O)[C@@H](C)N2CCN(c3ncccn3)CC2)c(C)c1. The molecular weight excluding hydrogens is 326 g/mol. The number of nitrogens with zero attached hydrogens (tertiary/aromatic N) is 4. The zero-order valence-electron chi connectivity index (χ0n) is 16.0. The zero-order valence-corrected chi connectivity index (χ0v) is 16.0. The van der Waals surface area contributed by atoms with Crippen molar-refractivity contribution in [2.24, 2.45) is 0 Å². The van der Waals surface area contributed by atoms with E-state index in [1.54, 1.807) is 12.4 Å². The second-order valence-corrected chi connectivity index (χ2v) is 7.01. The van der Waals surface area contributed by atoms with Crippen LogP contribution in [0.1, 0.15) is 23.6 Å². The number of carbonyl (C=O) groups excluding carboxylic acids is 1. The van der Waals surface area contributed by atoms with Gasteiger partial charge in [-0.3, -0.25) is 9.69 Å². The molecule has 3 rings (SSSR count). The Morgan fingerprint density at radius 3 is 2.19 bits per heavy atom. The normalized spacial score (nSPS) is 16.4. The van der Waals surface area contributed by atoms with Gasteiger partial charge in [-0.2, -0.15) is 0 Å². The summed E-state index contributed by atoms with van der Waals surface area (Å²) >= 11 is 0. The van der Waals surface area contributed by atoms with Gasteiger partial charge < -0.3 is 10.2 Å². The summed E-state index contributed by atoms with van der Waals surface area (Å²) in [6.07, 6.45) is 3.52. The predicted octanol–water partition coefficient (Wildman–Crippen LogP) is 2.55. The fourth-order valence-corrected chi connectivity index (χ4v) is 3.53. The van der Waals surface area contributed by atoms with Crippen molar-refractivity contribution in [3.05, 3.63) is 47.3 Å². The van der Waals surface area contributed by atoms with Gasteiger partial charge in [0.1, 0.15) is 0 Å². The van der Waals surface area contributed by atoms with Crippen LogP contribution < -0.4 is 10.2 Å². The van der Waals surface area contributed by atoms with E-state index in [-0.39, 0.29) is 11.9 Å². The van der Waals surface area contributed by atoms with E-state index in [0.29, 0.717) is 0 Å². The molecule has 0 bridgehead atoms. The average molecular weight is 353 g/mol. The van der Waals surface area contributed by atoms with Crippen molar-refractivity contribution in [2.45, 2.75) is 33.7 Å². The molecule has 1 N–H and O–H groups in total. The molecule has 138 valence electrons. The van der Waals surface area contributed by atoms with Gasteiger partial charge in [0.05, 0.1) is 6.04 Å². The van der Waals surface area contributed by atoms with Gasteiger partial charge in [0.25, 0.3) is 0 Å². The maximum Gasteiger partial charge on any atom is 0.241 e. The Labute approximate surface area is 155 Å². The van der Waals surface area contributed by atoms with Crippen LogP contribution in [0.5, 0.6) is 0 Å². The van der Waals surface area contributed by atoms with Crippen LogP contribution in [-0.4, -0.2) is 53.0 Å². The second-order valence-electron chi connectivity index (χ2n) is 7.01. The molecule has 1 fully saturated rings. The minimum absolute atomic E-state index is 0.0458. The summed E-state index contributed by atoms with van der Waals surface area (Å²) < 4.78 is 0. The number of hydrogen-bond donors (Lipinski definition) is 1. The van der Waals surface area contributed by atoms with Crippen molar-refractivity contribution in [1.82, 2.24) is 14.9 Å². The molecule has 6 nitrogen and oxygen atoms in total. The molecule has 1 amide bonds. The first-order chi connectivity index (χ1) is 12.5. The number of aromatic nitrogens is 2. The van der Waals surface area contributed by atoms with E-state index in [1.165, 1.54) is 5.56 Å². The van der Waals surface area contributed by atoms with Gasteiger partial charge in [0.15, 0.2) is 0 Å². The highest BCUT2D eigenvalue weighted by Crippen LogP contribution is 2.22. The van der Waals surface area contributed by atoms with Crippen molar-refractivity contribution in [3.63, 3.8) is 0 Å². The van der Waals surface area contributed by atoms with E-state index in [2.05, 4.69) is 44.1 Å². The molecule has 0 unspecified atom stereocenters. The molecule has 0 aliphatic carbocycles. The van der Waals surface area contributed by atoms with Gasteiger partial charge in [-0.25, -0.2) is 9.97 Å². The van der Waals surface area contributed by atoms with Crippen LogP contribution in [0, 0.1) is 20.8 Å². The number of carbonyl (C=O) groups is 1. The molecule has 0 saturated carbocycles. The molecule has 6 heteroatoms. The maximum absolute atomic E-state index is 12.8. The number of anilines is 2. The average Bonchev–Trinajstić information content (AvgIpc) is 2.64. The molecule has 1 saturated heterocycles. The molecular formula is C20H27N5O. The molecule has 1 aliphatic heterocycles. The summed E-state index contributed by atoms with van der Waals surface area (Å²) in [6.45, 7) is 11.4. The molecule has 0 spiro atoms. The van der Waals surface area contributed by atoms with Crippen LogP contribution in [0.2, 0.25) is 0 Å². The Morgan fingerprint density at radius 2 is 1.62 bits per heavy atom. The van der Waals surface area contributed by atoms with Crippen LogP contribution >= 0.6 is 0 Å². The first-order valence-corrected chi connectivity index (χ1v) is 9.10. The van der Waals surface area contributed by atoms with Gasteiger partial charge in [-0.05, 0) is 44.9 Å². The number of benzene rings is 1. The summed E-state index contributed by atoms with van der Waals surface area (Å²) in [6, 6.07) is 5.85. The molecule has 1 aromatic carbocycles. The third kappa shape index (κ3) is 4.02. The Morgan fingerprint density at radius 1 is 1.04 bits per heavy atom. The first kappa shape index (κ1) is 18.3. The summed E-state index contributed by atoms with van der Waals surface area (Å²) in [5.74, 6) is 0.805. The number of nitrogens with one attached hydrogen (secondary N) is 1. The molecule has 1 atom stereocenters. The molecule has 2 aromatic rings. The summed E-state index contributed by atoms with van der Waals surface area (Å²) in [7, 11) is 0. The fraction of sp³-hybridized carbons (Fsp3) is 0.450. The van der Waals surface area contributed by atoms with E-state index >= 15 is 0 Å². The van der Waals surface area contributed by atoms with Crippen LogP contribution in [-0.2, 0) is 4.79 Å². The van der Waals surface area contributed by atoms with Crippen molar-refractivity contribution in [3.8, 4) is 0 Å². The van der Waals surface area contributed by atoms with Gasteiger partial charge in [-0.15, -0.1) is 0 Å². The minimum atomic E-state index is -0.172. The van der Waals surface area contributed by atoms with Crippen LogP contribution in [0.3, 0.4) is 0 Å². The Balaban J connectivity index is 1.60. The first-order valence-electron chi connectivity index (χ1n) is 9.10. The van der Waals surface area contributed by atoms with Crippen LogP contribution in [0.4, 0.5) is 11.6 Å². The third-order valence-electron chi connectivity index (χ3n) is 5.00. The second kappa shape index (κ2) is 7.83. The number of piperazine rings is 1. The molecule has 1 aliphatic rings. The van der Waals surface area contributed by atoms with Crippen molar-refractivity contribution >= 4 is 17.5 Å². The fourth-order valence-electron chi connectivity index (χ4n) is 3.53. The highest BCUT2D eigenvalue weighted by molar-refractivity contribution is 5.96. The number of aryl methyl sites for hydroxylation is 3. The summed E-state index contributed by atoms with van der Waals surface area (Å²) in [4.78, 5) is 25.8. The topological polar surface area (TPSA) is 61.4 Å². The molecule has 0 radical (unpaired) electrons. The highest BCUT2D eigenvalue weighted by Gasteiger charge is 2.26. The Bertz CT molecular complexity index is 746. The quantitative estimate of drug-likeness (QED) is 0.915. The standard InChI is InChI=1S/C20H27N5O/c1-14-12-15(2)18(16(3)13-14)23-19(26)17(4)24-8-10-25(11-9-24)20-21-6-5-7-22-20/h5-7,12-13,17H,8-11H2,1-4H3,(H,23,26)/t17-/m1/s1. The van der Waals surface area contributed by atoms with Crippen LogP contribution in [0.25, 0.3) is 0 Å². The molecule has 26 heavy (non-hydrogen) atoms. The lowest BCUT2D eigenvalue weighted by Crippen LogP contribution is -2.53. The van der Waals surface area contributed by atoms with Gasteiger partial charge >= 0.3 is 0 Å². The van der Waals surface area contributed by atoms with E-state index in [0.717, 1.165) is 48.9 Å². The van der Waals surface area contributed by atoms with Gasteiger partial charge in [0, 0.05) is 44.3 Å². The van der Waals surface area contributed by atoms with E-state index in [1.807, 2.05) is 26.8 Å². The van der Waals surface area contributed by atoms with Crippen molar-refractivity contribution in [1.29, 1.82) is 0 Å². The lowest BCUT2D eigenvalue weighted by molar-refractivity contribution is -0.120. The lowest BCUT2D eigenvalue weighted by atomic mass is 10.0. The molecule has 2 heterocycles. The smallest absolute Gasteiger partial charge is 0.241 e. The van der Waals surface area contributed by atoms with E-state index in [9.17, 15) is 4.79 Å². The number of rotatable bonds is 4. The largest absolute Gasteiger partial charge is 0.338 e. The highest BCUT2D eigenvalue weighted by atomic mass is 16.2. The van der Waals surface area contributed by atoms with Gasteiger partial charge in [0.2, 0.25) is 11.9 Å².